The molecule has 4 N–H and O–H groups in total. The maximum absolute atomic E-state index is 11.6. The van der Waals surface area contributed by atoms with E-state index in [2.05, 4.69) is 5.32 Å². The summed E-state index contributed by atoms with van der Waals surface area (Å²) in [5.41, 5.74) is 5.98. The highest BCUT2D eigenvalue weighted by molar-refractivity contribution is 5.92. The smallest absolute Gasteiger partial charge is 0.306 e. The molecule has 1 amide bonds. The Bertz CT molecular complexity index is 455. The summed E-state index contributed by atoms with van der Waals surface area (Å²) in [4.78, 5) is 11.6. The van der Waals surface area contributed by atoms with Crippen molar-refractivity contribution in [2.45, 2.75) is 27.3 Å². The molecule has 1 aromatic rings. The van der Waals surface area contributed by atoms with Crippen molar-refractivity contribution in [2.24, 2.45) is 5.73 Å². The van der Waals surface area contributed by atoms with Crippen LogP contribution in [0.3, 0.4) is 0 Å². The molecule has 6 heteroatoms. The van der Waals surface area contributed by atoms with Gasteiger partial charge in [0.25, 0.3) is 5.91 Å². The van der Waals surface area contributed by atoms with Gasteiger partial charge in [-0.05, 0) is 24.6 Å². The fourth-order valence-electron chi connectivity index (χ4n) is 1.33. The van der Waals surface area contributed by atoms with Gasteiger partial charge < -0.3 is 25.6 Å². The van der Waals surface area contributed by atoms with Crippen molar-refractivity contribution in [3.05, 3.63) is 41.5 Å². The van der Waals surface area contributed by atoms with Crippen LogP contribution in [0.25, 0.3) is 0 Å². The van der Waals surface area contributed by atoms with Gasteiger partial charge >= 0.3 is 5.95 Å². The lowest BCUT2D eigenvalue weighted by Crippen LogP contribution is -2.29. The van der Waals surface area contributed by atoms with Crippen LogP contribution in [0.4, 0.5) is 0 Å². The fourth-order valence-corrected chi connectivity index (χ4v) is 1.33. The number of aliphatic hydroxyl groups excluding tert-OH is 1. The van der Waals surface area contributed by atoms with E-state index >= 15 is 0 Å². The predicted octanol–water partition coefficient (Wildman–Crippen LogP) is 2.06. The molecule has 0 radical (unpaired) electrons. The number of benzene rings is 1. The zero-order valence-corrected chi connectivity index (χ0v) is 13.0. The van der Waals surface area contributed by atoms with Gasteiger partial charge in [0, 0.05) is 6.54 Å². The molecule has 0 saturated carbocycles. The van der Waals surface area contributed by atoms with Crippen LogP contribution in [0, 0.1) is 0 Å². The van der Waals surface area contributed by atoms with Crippen molar-refractivity contribution < 1.29 is 19.4 Å². The molecule has 0 aliphatic carbocycles. The van der Waals surface area contributed by atoms with Crippen LogP contribution in [0.1, 0.15) is 26.3 Å². The first-order valence-electron chi connectivity index (χ1n) is 6.81. The molecular formula is C15H24N2O4. The van der Waals surface area contributed by atoms with Gasteiger partial charge in [-0.3, -0.25) is 4.79 Å². The number of carbonyl (C=O) groups is 1. The molecule has 6 nitrogen and oxygen atoms in total. The van der Waals surface area contributed by atoms with Crippen LogP contribution in [0.2, 0.25) is 0 Å². The second kappa shape index (κ2) is 10.4. The van der Waals surface area contributed by atoms with Crippen LogP contribution < -0.4 is 15.8 Å². The number of nitrogens with one attached hydrogen (secondary N) is 1. The molecule has 1 aromatic carbocycles. The first-order valence-corrected chi connectivity index (χ1v) is 6.81. The third-order valence-electron chi connectivity index (χ3n) is 2.37. The standard InChI is InChI=1S/C13H18N2O4.C2H6/c1-3-19-13(17)11(14)12(16)15-8-9-4-6-10(18-2)7-5-9;1-2/h4-7,17H,3,8,14H2,1-2H3,(H,15,16);1-2H3/b13-11+;. The van der Waals surface area contributed by atoms with E-state index < -0.39 is 11.9 Å². The van der Waals surface area contributed by atoms with Crippen LogP contribution in [-0.4, -0.2) is 24.7 Å². The minimum atomic E-state index is -0.582. The summed E-state index contributed by atoms with van der Waals surface area (Å²) in [6, 6.07) is 7.22. The summed E-state index contributed by atoms with van der Waals surface area (Å²) in [5.74, 6) is -0.403. The third kappa shape index (κ3) is 6.56. The molecular weight excluding hydrogens is 272 g/mol. The van der Waals surface area contributed by atoms with Crippen molar-refractivity contribution in [3.63, 3.8) is 0 Å². The second-order valence-corrected chi connectivity index (χ2v) is 3.68. The summed E-state index contributed by atoms with van der Waals surface area (Å²) in [6.07, 6.45) is 0. The minimum Gasteiger partial charge on any atom is -0.497 e. The summed E-state index contributed by atoms with van der Waals surface area (Å²) in [6.45, 7) is 6.21. The molecule has 0 fully saturated rings. The fraction of sp³-hybridized carbons (Fsp3) is 0.400. The highest BCUT2D eigenvalue weighted by atomic mass is 16.6. The molecule has 0 unspecified atom stereocenters. The van der Waals surface area contributed by atoms with E-state index in [0.717, 1.165) is 11.3 Å². The van der Waals surface area contributed by atoms with E-state index in [1.54, 1.807) is 26.2 Å². The average molecular weight is 296 g/mol. The Balaban J connectivity index is 0.00000191. The molecule has 0 heterocycles. The average Bonchev–Trinajstić information content (AvgIpc) is 2.54. The van der Waals surface area contributed by atoms with Gasteiger partial charge in [0.15, 0.2) is 5.70 Å². The van der Waals surface area contributed by atoms with E-state index in [0.29, 0.717) is 6.54 Å². The van der Waals surface area contributed by atoms with E-state index in [9.17, 15) is 9.90 Å². The van der Waals surface area contributed by atoms with Crippen molar-refractivity contribution in [2.75, 3.05) is 13.7 Å². The lowest BCUT2D eigenvalue weighted by Gasteiger charge is -2.08. The van der Waals surface area contributed by atoms with E-state index in [-0.39, 0.29) is 12.3 Å². The highest BCUT2D eigenvalue weighted by Crippen LogP contribution is 2.11. The van der Waals surface area contributed by atoms with Crippen molar-refractivity contribution in [3.8, 4) is 5.75 Å². The SMILES string of the molecule is CC.CCO/C(O)=C(/N)C(=O)NCc1ccc(OC)cc1. The molecule has 0 spiro atoms. The summed E-state index contributed by atoms with van der Waals surface area (Å²) in [5, 5.41) is 11.9. The number of amides is 1. The lowest BCUT2D eigenvalue weighted by molar-refractivity contribution is -0.118. The zero-order valence-electron chi connectivity index (χ0n) is 13.0. The molecule has 0 aliphatic heterocycles. The van der Waals surface area contributed by atoms with Gasteiger partial charge in [0.1, 0.15) is 5.75 Å². The van der Waals surface area contributed by atoms with Gasteiger partial charge in [-0.15, -0.1) is 0 Å². The number of hydrogen-bond donors (Lipinski definition) is 3. The topological polar surface area (TPSA) is 93.8 Å². The highest BCUT2D eigenvalue weighted by Gasteiger charge is 2.12. The monoisotopic (exact) mass is 296 g/mol. The Hall–Kier alpha value is -2.37. The second-order valence-electron chi connectivity index (χ2n) is 3.68. The van der Waals surface area contributed by atoms with Gasteiger partial charge in [-0.1, -0.05) is 26.0 Å². The summed E-state index contributed by atoms with van der Waals surface area (Å²) >= 11 is 0. The van der Waals surface area contributed by atoms with E-state index in [1.165, 1.54) is 0 Å². The molecule has 21 heavy (non-hydrogen) atoms. The number of aliphatic hydroxyl groups is 1. The number of rotatable bonds is 6. The van der Waals surface area contributed by atoms with Gasteiger partial charge in [-0.2, -0.15) is 0 Å². The molecule has 0 aromatic heterocycles. The molecule has 0 saturated heterocycles. The van der Waals surface area contributed by atoms with Gasteiger partial charge in [0.05, 0.1) is 13.7 Å². The van der Waals surface area contributed by atoms with E-state index in [4.69, 9.17) is 15.2 Å². The normalized spacial score (nSPS) is 10.7. The zero-order chi connectivity index (χ0) is 16.3. The Morgan fingerprint density at radius 1 is 1.29 bits per heavy atom. The quantitative estimate of drug-likeness (QED) is 0.552. The largest absolute Gasteiger partial charge is 0.497 e. The predicted molar refractivity (Wildman–Crippen MR) is 81.7 cm³/mol. The number of nitrogens with two attached hydrogens (primary N) is 1. The third-order valence-corrected chi connectivity index (χ3v) is 2.37. The van der Waals surface area contributed by atoms with Crippen LogP contribution in [-0.2, 0) is 16.1 Å². The Morgan fingerprint density at radius 2 is 1.86 bits per heavy atom. The lowest BCUT2D eigenvalue weighted by atomic mass is 10.2. The molecule has 118 valence electrons. The molecule has 0 atom stereocenters. The first-order chi connectivity index (χ1) is 10.1. The van der Waals surface area contributed by atoms with E-state index in [1.807, 2.05) is 26.0 Å². The maximum Gasteiger partial charge on any atom is 0.306 e. The number of carbonyl (C=O) groups excluding carboxylic acids is 1. The molecule has 0 bridgehead atoms. The summed E-state index contributed by atoms with van der Waals surface area (Å²) in [7, 11) is 1.58. The first kappa shape index (κ1) is 18.6. The number of hydrogen-bond acceptors (Lipinski definition) is 5. The van der Waals surface area contributed by atoms with Crippen molar-refractivity contribution in [1.82, 2.24) is 5.32 Å². The van der Waals surface area contributed by atoms with Crippen molar-refractivity contribution >= 4 is 5.91 Å². The van der Waals surface area contributed by atoms with Gasteiger partial charge in [0.2, 0.25) is 0 Å². The number of methoxy groups -OCH3 is 1. The van der Waals surface area contributed by atoms with Crippen LogP contribution in [0.5, 0.6) is 5.75 Å². The molecule has 0 aliphatic rings. The Kier molecular flexibility index (Phi) is 9.25. The van der Waals surface area contributed by atoms with Crippen LogP contribution >= 0.6 is 0 Å². The Labute approximate surface area is 125 Å². The van der Waals surface area contributed by atoms with Crippen LogP contribution in [0.15, 0.2) is 35.9 Å². The van der Waals surface area contributed by atoms with Gasteiger partial charge in [-0.25, -0.2) is 0 Å². The van der Waals surface area contributed by atoms with Crippen molar-refractivity contribution in [1.29, 1.82) is 0 Å². The maximum atomic E-state index is 11.6. The number of ether oxygens (including phenoxy) is 2. The summed E-state index contributed by atoms with van der Waals surface area (Å²) < 4.78 is 9.77. The Morgan fingerprint density at radius 3 is 2.33 bits per heavy atom. The molecule has 1 rings (SSSR count). The minimum absolute atomic E-state index is 0.234.